The molecule has 0 fully saturated rings. The molecule has 0 saturated heterocycles. The fraction of sp³-hybridized carbons (Fsp3) is 0.231. The van der Waals surface area contributed by atoms with E-state index >= 15 is 0 Å². The van der Waals surface area contributed by atoms with Crippen LogP contribution in [-0.4, -0.2) is 32.3 Å². The minimum absolute atomic E-state index is 0.142. The molecule has 0 bridgehead atoms. The second-order valence-electron chi connectivity index (χ2n) is 3.24. The number of hydrogen-bond acceptors (Lipinski definition) is 5. The Labute approximate surface area is 105 Å². The highest BCUT2D eigenvalue weighted by molar-refractivity contribution is 5.89. The van der Waals surface area contributed by atoms with Gasteiger partial charge in [-0.2, -0.15) is 0 Å². The van der Waals surface area contributed by atoms with E-state index in [0.29, 0.717) is 11.3 Å². The van der Waals surface area contributed by atoms with Gasteiger partial charge in [0, 0.05) is 6.08 Å². The largest absolute Gasteiger partial charge is 0.490 e. The van der Waals surface area contributed by atoms with Crippen molar-refractivity contribution in [2.45, 2.75) is 0 Å². The SMILES string of the molecule is C=CC(=O)OCCOc1ccc(C(=O)OC)cc1. The number of ether oxygens (including phenoxy) is 3. The Bertz CT molecular complexity index is 422. The van der Waals surface area contributed by atoms with Crippen LogP contribution in [0.25, 0.3) is 0 Å². The highest BCUT2D eigenvalue weighted by Crippen LogP contribution is 2.12. The van der Waals surface area contributed by atoms with Crippen molar-refractivity contribution >= 4 is 11.9 Å². The topological polar surface area (TPSA) is 61.8 Å². The first-order valence-electron chi connectivity index (χ1n) is 5.27. The van der Waals surface area contributed by atoms with E-state index in [-0.39, 0.29) is 13.2 Å². The Morgan fingerprint density at radius 3 is 2.44 bits per heavy atom. The van der Waals surface area contributed by atoms with Crippen molar-refractivity contribution in [3.8, 4) is 5.75 Å². The quantitative estimate of drug-likeness (QED) is 0.436. The molecule has 0 spiro atoms. The van der Waals surface area contributed by atoms with E-state index in [1.165, 1.54) is 7.11 Å². The van der Waals surface area contributed by atoms with E-state index in [9.17, 15) is 9.59 Å². The minimum atomic E-state index is -0.486. The summed E-state index contributed by atoms with van der Waals surface area (Å²) in [6.45, 7) is 3.65. The van der Waals surface area contributed by atoms with Crippen molar-refractivity contribution < 1.29 is 23.8 Å². The molecular formula is C13H14O5. The lowest BCUT2D eigenvalue weighted by Gasteiger charge is -2.06. The van der Waals surface area contributed by atoms with Crippen LogP contribution in [0.1, 0.15) is 10.4 Å². The maximum absolute atomic E-state index is 11.2. The molecule has 0 radical (unpaired) electrons. The van der Waals surface area contributed by atoms with Crippen LogP contribution in [0.2, 0.25) is 0 Å². The molecule has 0 unspecified atom stereocenters. The van der Waals surface area contributed by atoms with Crippen LogP contribution in [0, 0.1) is 0 Å². The number of benzene rings is 1. The normalized spacial score (nSPS) is 9.39. The maximum atomic E-state index is 11.2. The van der Waals surface area contributed by atoms with Crippen LogP contribution in [0.4, 0.5) is 0 Å². The molecule has 0 atom stereocenters. The van der Waals surface area contributed by atoms with Crippen LogP contribution in [0.5, 0.6) is 5.75 Å². The highest BCUT2D eigenvalue weighted by Gasteiger charge is 2.04. The Balaban J connectivity index is 2.37. The monoisotopic (exact) mass is 250 g/mol. The van der Waals surface area contributed by atoms with Crippen molar-refractivity contribution in [1.29, 1.82) is 0 Å². The fourth-order valence-electron chi connectivity index (χ4n) is 1.17. The summed E-state index contributed by atoms with van der Waals surface area (Å²) in [7, 11) is 1.32. The third-order valence-electron chi connectivity index (χ3n) is 2.04. The lowest BCUT2D eigenvalue weighted by Crippen LogP contribution is -2.10. The number of esters is 2. The second kappa shape index (κ2) is 7.11. The molecular weight excluding hydrogens is 236 g/mol. The lowest BCUT2D eigenvalue weighted by atomic mass is 10.2. The Kier molecular flexibility index (Phi) is 5.44. The number of carbonyl (C=O) groups is 2. The molecule has 1 aromatic carbocycles. The summed E-state index contributed by atoms with van der Waals surface area (Å²) >= 11 is 0. The first-order chi connectivity index (χ1) is 8.67. The first kappa shape index (κ1) is 13.8. The molecule has 5 heteroatoms. The third kappa shape index (κ3) is 4.29. The summed E-state index contributed by atoms with van der Waals surface area (Å²) in [4.78, 5) is 21.9. The molecule has 96 valence electrons. The van der Waals surface area contributed by atoms with Crippen molar-refractivity contribution in [2.24, 2.45) is 0 Å². The Morgan fingerprint density at radius 2 is 1.89 bits per heavy atom. The van der Waals surface area contributed by atoms with Gasteiger partial charge >= 0.3 is 11.9 Å². The van der Waals surface area contributed by atoms with Crippen LogP contribution in [-0.2, 0) is 14.3 Å². The van der Waals surface area contributed by atoms with Gasteiger partial charge in [-0.15, -0.1) is 0 Å². The van der Waals surface area contributed by atoms with Gasteiger partial charge in [-0.3, -0.25) is 0 Å². The molecule has 1 aromatic rings. The predicted molar refractivity (Wildman–Crippen MR) is 64.4 cm³/mol. The van der Waals surface area contributed by atoms with Gasteiger partial charge in [-0.1, -0.05) is 6.58 Å². The second-order valence-corrected chi connectivity index (χ2v) is 3.24. The highest BCUT2D eigenvalue weighted by atomic mass is 16.6. The molecule has 0 aromatic heterocycles. The van der Waals surface area contributed by atoms with E-state index in [0.717, 1.165) is 6.08 Å². The predicted octanol–water partition coefficient (Wildman–Crippen LogP) is 1.58. The van der Waals surface area contributed by atoms with Crippen LogP contribution >= 0.6 is 0 Å². The smallest absolute Gasteiger partial charge is 0.337 e. The van der Waals surface area contributed by atoms with Gasteiger partial charge in [0.15, 0.2) is 0 Å². The van der Waals surface area contributed by atoms with Crippen molar-refractivity contribution in [1.82, 2.24) is 0 Å². The van der Waals surface area contributed by atoms with E-state index in [1.807, 2.05) is 0 Å². The van der Waals surface area contributed by atoms with E-state index in [4.69, 9.17) is 9.47 Å². The van der Waals surface area contributed by atoms with Crippen molar-refractivity contribution in [3.63, 3.8) is 0 Å². The van der Waals surface area contributed by atoms with Gasteiger partial charge in [-0.25, -0.2) is 9.59 Å². The molecule has 5 nitrogen and oxygen atoms in total. The van der Waals surface area contributed by atoms with Crippen LogP contribution in [0.3, 0.4) is 0 Å². The number of carbonyl (C=O) groups excluding carboxylic acids is 2. The average molecular weight is 250 g/mol. The zero-order valence-electron chi connectivity index (χ0n) is 10.0. The molecule has 0 aliphatic rings. The minimum Gasteiger partial charge on any atom is -0.490 e. The lowest BCUT2D eigenvalue weighted by molar-refractivity contribution is -0.138. The molecule has 0 heterocycles. The summed E-state index contributed by atoms with van der Waals surface area (Å²) in [5, 5.41) is 0. The molecule has 0 aliphatic heterocycles. The van der Waals surface area contributed by atoms with Gasteiger partial charge in [0.2, 0.25) is 0 Å². The van der Waals surface area contributed by atoms with Crippen LogP contribution in [0.15, 0.2) is 36.9 Å². The summed E-state index contributed by atoms with van der Waals surface area (Å²) < 4.78 is 14.6. The Morgan fingerprint density at radius 1 is 1.22 bits per heavy atom. The number of methoxy groups -OCH3 is 1. The maximum Gasteiger partial charge on any atom is 0.337 e. The van der Waals surface area contributed by atoms with Crippen molar-refractivity contribution in [3.05, 3.63) is 42.5 Å². The fourth-order valence-corrected chi connectivity index (χ4v) is 1.17. The van der Waals surface area contributed by atoms with Crippen molar-refractivity contribution in [2.75, 3.05) is 20.3 Å². The van der Waals surface area contributed by atoms with Gasteiger partial charge in [0.1, 0.15) is 19.0 Å². The summed E-state index contributed by atoms with van der Waals surface area (Å²) in [5.41, 5.74) is 0.447. The Hall–Kier alpha value is -2.30. The number of rotatable bonds is 6. The molecule has 0 aliphatic carbocycles. The standard InChI is InChI=1S/C13H14O5/c1-3-12(14)18-9-8-17-11-6-4-10(5-7-11)13(15)16-2/h3-7H,1,8-9H2,2H3. The number of hydrogen-bond donors (Lipinski definition) is 0. The van der Waals surface area contributed by atoms with Gasteiger partial charge in [-0.05, 0) is 24.3 Å². The molecule has 0 saturated carbocycles. The summed E-state index contributed by atoms with van der Waals surface area (Å²) in [6.07, 6.45) is 1.09. The molecule has 1 rings (SSSR count). The van der Waals surface area contributed by atoms with E-state index < -0.39 is 11.9 Å². The van der Waals surface area contributed by atoms with Gasteiger partial charge in [0.25, 0.3) is 0 Å². The van der Waals surface area contributed by atoms with E-state index in [1.54, 1.807) is 24.3 Å². The third-order valence-corrected chi connectivity index (χ3v) is 2.04. The molecule has 0 amide bonds. The first-order valence-corrected chi connectivity index (χ1v) is 5.27. The zero-order chi connectivity index (χ0) is 13.4. The van der Waals surface area contributed by atoms with E-state index in [2.05, 4.69) is 11.3 Å². The summed E-state index contributed by atoms with van der Waals surface area (Å²) in [5.74, 6) is -0.307. The zero-order valence-corrected chi connectivity index (χ0v) is 10.0. The molecule has 0 N–H and O–H groups in total. The van der Waals surface area contributed by atoms with Gasteiger partial charge in [0.05, 0.1) is 12.7 Å². The van der Waals surface area contributed by atoms with Gasteiger partial charge < -0.3 is 14.2 Å². The summed E-state index contributed by atoms with van der Waals surface area (Å²) in [6, 6.07) is 6.47. The van der Waals surface area contributed by atoms with Crippen LogP contribution < -0.4 is 4.74 Å². The average Bonchev–Trinajstić information content (AvgIpc) is 2.43. The molecule has 18 heavy (non-hydrogen) atoms.